The van der Waals surface area contributed by atoms with E-state index < -0.39 is 10.0 Å². The minimum Gasteiger partial charge on any atom is -0.302 e. The molecule has 4 nitrogen and oxygen atoms in total. The van der Waals surface area contributed by atoms with Crippen LogP contribution in [0.25, 0.3) is 0 Å². The summed E-state index contributed by atoms with van der Waals surface area (Å²) in [5, 5.41) is 0. The maximum Gasteiger partial charge on any atom is 0.243 e. The summed E-state index contributed by atoms with van der Waals surface area (Å²) < 4.78 is 28.3. The number of nitrogens with zero attached hydrogens (tertiary/aromatic N) is 2. The molecular formula is C22H30N2O2S3. The molecule has 1 unspecified atom stereocenters. The zero-order valence-electron chi connectivity index (χ0n) is 16.9. The molecule has 0 radical (unpaired) electrons. The van der Waals surface area contributed by atoms with E-state index in [9.17, 15) is 8.42 Å². The van der Waals surface area contributed by atoms with Crippen LogP contribution in [0, 0.1) is 0 Å². The van der Waals surface area contributed by atoms with E-state index in [1.54, 1.807) is 28.2 Å². The van der Waals surface area contributed by atoms with Crippen LogP contribution in [-0.4, -0.2) is 55.6 Å². The molecule has 0 amide bonds. The molecule has 0 bridgehead atoms. The van der Waals surface area contributed by atoms with Gasteiger partial charge in [0, 0.05) is 34.7 Å². The molecule has 1 heterocycles. The van der Waals surface area contributed by atoms with Crippen LogP contribution in [0.1, 0.15) is 26.2 Å². The number of sulfonamides is 1. The number of hydrogen-bond donors (Lipinski definition) is 1. The lowest BCUT2D eigenvalue weighted by Crippen LogP contribution is -2.45. The van der Waals surface area contributed by atoms with Crippen molar-refractivity contribution in [2.45, 2.75) is 46.9 Å². The monoisotopic (exact) mass is 450 g/mol. The van der Waals surface area contributed by atoms with Crippen molar-refractivity contribution in [1.82, 2.24) is 9.21 Å². The number of hydrogen-bond acceptors (Lipinski definition) is 5. The molecule has 7 heteroatoms. The van der Waals surface area contributed by atoms with Crippen molar-refractivity contribution < 1.29 is 8.42 Å². The van der Waals surface area contributed by atoms with Gasteiger partial charge in [-0.05, 0) is 69.3 Å². The molecule has 0 aliphatic carbocycles. The molecule has 2 aromatic carbocycles. The average Bonchev–Trinajstić information content (AvgIpc) is 2.75. The second-order valence-electron chi connectivity index (χ2n) is 7.44. The standard InChI is InChI=1S/C22H30N2O2S3/c1-19(18-27)24(17-16-23-14-6-3-7-15-23)29(25,26)22-12-10-21(11-13-22)28-20-8-4-2-5-9-20/h2,4-5,8-13,19,27H,3,6-7,14-18H2,1H3. The summed E-state index contributed by atoms with van der Waals surface area (Å²) in [5.74, 6) is 0.501. The smallest absolute Gasteiger partial charge is 0.243 e. The molecule has 29 heavy (non-hydrogen) atoms. The predicted octanol–water partition coefficient (Wildman–Crippen LogP) is 4.63. The number of benzene rings is 2. The highest BCUT2D eigenvalue weighted by Crippen LogP contribution is 2.29. The lowest BCUT2D eigenvalue weighted by molar-refractivity contribution is 0.205. The van der Waals surface area contributed by atoms with Crippen molar-refractivity contribution in [1.29, 1.82) is 0 Å². The van der Waals surface area contributed by atoms with Crippen LogP contribution in [0.15, 0.2) is 69.3 Å². The Kier molecular flexibility index (Phi) is 8.50. The van der Waals surface area contributed by atoms with Crippen LogP contribution in [0.5, 0.6) is 0 Å². The van der Waals surface area contributed by atoms with Gasteiger partial charge >= 0.3 is 0 Å². The molecule has 1 fully saturated rings. The minimum atomic E-state index is -3.55. The van der Waals surface area contributed by atoms with Gasteiger partial charge in [0.25, 0.3) is 0 Å². The predicted molar refractivity (Wildman–Crippen MR) is 125 cm³/mol. The van der Waals surface area contributed by atoms with E-state index in [0.29, 0.717) is 17.2 Å². The highest BCUT2D eigenvalue weighted by molar-refractivity contribution is 7.99. The summed E-state index contributed by atoms with van der Waals surface area (Å²) in [5.41, 5.74) is 0. The summed E-state index contributed by atoms with van der Waals surface area (Å²) >= 11 is 6.00. The second-order valence-corrected chi connectivity index (χ2v) is 10.8. The van der Waals surface area contributed by atoms with Gasteiger partial charge in [-0.1, -0.05) is 36.4 Å². The molecule has 0 N–H and O–H groups in total. The molecule has 158 valence electrons. The van der Waals surface area contributed by atoms with Crippen LogP contribution in [-0.2, 0) is 10.0 Å². The third-order valence-electron chi connectivity index (χ3n) is 5.25. The van der Waals surface area contributed by atoms with Gasteiger partial charge in [-0.3, -0.25) is 0 Å². The highest BCUT2D eigenvalue weighted by atomic mass is 32.2. The molecular weight excluding hydrogens is 420 g/mol. The van der Waals surface area contributed by atoms with Gasteiger partial charge in [0.2, 0.25) is 10.0 Å². The molecule has 0 saturated carbocycles. The van der Waals surface area contributed by atoms with Crippen LogP contribution < -0.4 is 0 Å². The van der Waals surface area contributed by atoms with Gasteiger partial charge in [-0.25, -0.2) is 8.42 Å². The first-order valence-corrected chi connectivity index (χ1v) is 13.1. The second kappa shape index (κ2) is 10.9. The Morgan fingerprint density at radius 3 is 2.24 bits per heavy atom. The third-order valence-corrected chi connectivity index (χ3v) is 8.82. The Labute approximate surface area is 185 Å². The van der Waals surface area contributed by atoms with Gasteiger partial charge in [0.05, 0.1) is 4.90 Å². The lowest BCUT2D eigenvalue weighted by Gasteiger charge is -2.32. The summed E-state index contributed by atoms with van der Waals surface area (Å²) in [6.07, 6.45) is 3.68. The molecule has 1 aliphatic rings. The van der Waals surface area contributed by atoms with Gasteiger partial charge in [0.15, 0.2) is 0 Å². The van der Waals surface area contributed by atoms with Crippen molar-refractivity contribution in [3.05, 3.63) is 54.6 Å². The van der Waals surface area contributed by atoms with E-state index in [2.05, 4.69) is 17.5 Å². The van der Waals surface area contributed by atoms with E-state index in [0.717, 1.165) is 29.4 Å². The quantitative estimate of drug-likeness (QED) is 0.566. The molecule has 0 spiro atoms. The summed E-state index contributed by atoms with van der Waals surface area (Å²) in [4.78, 5) is 4.88. The van der Waals surface area contributed by atoms with Crippen molar-refractivity contribution in [3.8, 4) is 0 Å². The average molecular weight is 451 g/mol. The van der Waals surface area contributed by atoms with Gasteiger partial charge in [0.1, 0.15) is 0 Å². The highest BCUT2D eigenvalue weighted by Gasteiger charge is 2.29. The Balaban J connectivity index is 1.72. The fourth-order valence-corrected chi connectivity index (χ4v) is 6.30. The topological polar surface area (TPSA) is 40.6 Å². The SMILES string of the molecule is CC(CS)N(CCN1CCCCC1)S(=O)(=O)c1ccc(Sc2ccccc2)cc1. The third kappa shape index (κ3) is 6.25. The summed E-state index contributed by atoms with van der Waals surface area (Å²) in [6, 6.07) is 17.2. The van der Waals surface area contributed by atoms with Gasteiger partial charge in [-0.15, -0.1) is 0 Å². The first-order valence-electron chi connectivity index (χ1n) is 10.2. The zero-order valence-corrected chi connectivity index (χ0v) is 19.4. The number of rotatable bonds is 9. The van der Waals surface area contributed by atoms with E-state index in [4.69, 9.17) is 0 Å². The molecule has 0 aromatic heterocycles. The Bertz CT molecular complexity index is 851. The minimum absolute atomic E-state index is 0.147. The summed E-state index contributed by atoms with van der Waals surface area (Å²) in [7, 11) is -3.55. The van der Waals surface area contributed by atoms with E-state index in [1.807, 2.05) is 49.4 Å². The maximum atomic E-state index is 13.3. The van der Waals surface area contributed by atoms with Crippen LogP contribution in [0.4, 0.5) is 0 Å². The summed E-state index contributed by atoms with van der Waals surface area (Å²) in [6.45, 7) is 5.34. The number of likely N-dealkylation sites (tertiary alicyclic amines) is 1. The lowest BCUT2D eigenvalue weighted by atomic mass is 10.1. The molecule has 1 atom stereocenters. The number of thiol groups is 1. The van der Waals surface area contributed by atoms with Crippen molar-refractivity contribution in [2.75, 3.05) is 31.9 Å². The Hall–Kier alpha value is -0.990. The Morgan fingerprint density at radius 1 is 1.00 bits per heavy atom. The Morgan fingerprint density at radius 2 is 1.62 bits per heavy atom. The van der Waals surface area contributed by atoms with Crippen LogP contribution in [0.3, 0.4) is 0 Å². The molecule has 3 rings (SSSR count). The van der Waals surface area contributed by atoms with Crippen LogP contribution >= 0.6 is 24.4 Å². The van der Waals surface area contributed by atoms with Crippen molar-refractivity contribution >= 4 is 34.4 Å². The van der Waals surface area contributed by atoms with E-state index >= 15 is 0 Å². The molecule has 1 saturated heterocycles. The van der Waals surface area contributed by atoms with Crippen molar-refractivity contribution in [3.63, 3.8) is 0 Å². The molecule has 2 aromatic rings. The number of piperidine rings is 1. The maximum absolute atomic E-state index is 13.3. The van der Waals surface area contributed by atoms with Crippen LogP contribution in [0.2, 0.25) is 0 Å². The molecule has 1 aliphatic heterocycles. The van der Waals surface area contributed by atoms with Gasteiger partial charge < -0.3 is 4.90 Å². The largest absolute Gasteiger partial charge is 0.302 e. The first-order chi connectivity index (χ1) is 14.0. The van der Waals surface area contributed by atoms with E-state index in [-0.39, 0.29) is 6.04 Å². The van der Waals surface area contributed by atoms with Crippen molar-refractivity contribution in [2.24, 2.45) is 0 Å². The zero-order chi connectivity index (χ0) is 20.7. The van der Waals surface area contributed by atoms with E-state index in [1.165, 1.54) is 19.3 Å². The fraction of sp³-hybridized carbons (Fsp3) is 0.455. The van der Waals surface area contributed by atoms with Gasteiger partial charge in [-0.2, -0.15) is 16.9 Å². The normalized spacial score (nSPS) is 16.8. The fourth-order valence-electron chi connectivity index (χ4n) is 3.53. The first kappa shape index (κ1) is 22.7.